The summed E-state index contributed by atoms with van der Waals surface area (Å²) in [5.74, 6) is 0. The zero-order valence-corrected chi connectivity index (χ0v) is 9.48. The van der Waals surface area contributed by atoms with E-state index in [1.54, 1.807) is 0 Å². The first-order chi connectivity index (χ1) is 7.27. The number of nitrogens with zero attached hydrogens (tertiary/aromatic N) is 2. The second-order valence-electron chi connectivity index (χ2n) is 4.35. The molecule has 0 aliphatic carbocycles. The summed E-state index contributed by atoms with van der Waals surface area (Å²) in [4.78, 5) is 6.89. The van der Waals surface area contributed by atoms with Gasteiger partial charge in [0.25, 0.3) is 0 Å². The number of rotatable bonds is 2. The average molecular weight is 205 g/mol. The highest BCUT2D eigenvalue weighted by atomic mass is 15.2. The number of piperazine rings is 1. The first-order valence-corrected chi connectivity index (χ1v) is 5.63. The van der Waals surface area contributed by atoms with Gasteiger partial charge in [0.2, 0.25) is 0 Å². The third-order valence-electron chi connectivity index (χ3n) is 3.08. The Morgan fingerprint density at radius 1 is 1.33 bits per heavy atom. The molecule has 0 radical (unpaired) electrons. The molecule has 3 nitrogen and oxygen atoms in total. The molecule has 1 N–H and O–H groups in total. The van der Waals surface area contributed by atoms with Gasteiger partial charge in [0.15, 0.2) is 0 Å². The molecule has 0 amide bonds. The lowest BCUT2D eigenvalue weighted by Gasteiger charge is -2.39. The predicted octanol–water partition coefficient (Wildman–Crippen LogP) is 1.26. The largest absolute Gasteiger partial charge is 0.314 e. The van der Waals surface area contributed by atoms with Crippen LogP contribution in [0.2, 0.25) is 0 Å². The molecule has 2 unspecified atom stereocenters. The van der Waals surface area contributed by atoms with Crippen molar-refractivity contribution in [2.45, 2.75) is 32.5 Å². The fraction of sp³-hybridized carbons (Fsp3) is 0.583. The minimum absolute atomic E-state index is 0.593. The molecule has 0 aromatic carbocycles. The Morgan fingerprint density at radius 2 is 2.07 bits per heavy atom. The molecule has 0 saturated carbocycles. The van der Waals surface area contributed by atoms with Crippen molar-refractivity contribution in [2.24, 2.45) is 0 Å². The second-order valence-corrected chi connectivity index (χ2v) is 4.35. The summed E-state index contributed by atoms with van der Waals surface area (Å²) >= 11 is 0. The summed E-state index contributed by atoms with van der Waals surface area (Å²) in [7, 11) is 0. The maximum absolute atomic E-state index is 4.38. The molecule has 0 bridgehead atoms. The van der Waals surface area contributed by atoms with E-state index in [4.69, 9.17) is 0 Å². The lowest BCUT2D eigenvalue weighted by atomic mass is 10.1. The van der Waals surface area contributed by atoms with Crippen molar-refractivity contribution in [3.63, 3.8) is 0 Å². The topological polar surface area (TPSA) is 28.2 Å². The van der Waals surface area contributed by atoms with E-state index in [2.05, 4.69) is 41.2 Å². The first kappa shape index (κ1) is 10.6. The first-order valence-electron chi connectivity index (χ1n) is 5.63. The van der Waals surface area contributed by atoms with Crippen molar-refractivity contribution in [1.29, 1.82) is 0 Å². The summed E-state index contributed by atoms with van der Waals surface area (Å²) in [5.41, 5.74) is 1.16. The molecule has 1 fully saturated rings. The summed E-state index contributed by atoms with van der Waals surface area (Å²) in [6.45, 7) is 7.66. The van der Waals surface area contributed by atoms with Gasteiger partial charge >= 0.3 is 0 Å². The summed E-state index contributed by atoms with van der Waals surface area (Å²) in [5, 5.41) is 3.44. The van der Waals surface area contributed by atoms with Crippen molar-refractivity contribution < 1.29 is 0 Å². The number of nitrogens with one attached hydrogen (secondary N) is 1. The number of aromatic nitrogens is 1. The molecule has 1 saturated heterocycles. The van der Waals surface area contributed by atoms with E-state index in [1.807, 2.05) is 12.3 Å². The van der Waals surface area contributed by atoms with Crippen LogP contribution in [0.1, 0.15) is 19.5 Å². The predicted molar refractivity (Wildman–Crippen MR) is 61.6 cm³/mol. The van der Waals surface area contributed by atoms with Crippen LogP contribution in [-0.2, 0) is 6.54 Å². The molecule has 2 heterocycles. The Labute approximate surface area is 91.5 Å². The Kier molecular flexibility index (Phi) is 3.34. The summed E-state index contributed by atoms with van der Waals surface area (Å²) in [6, 6.07) is 7.31. The van der Waals surface area contributed by atoms with Crippen molar-refractivity contribution in [1.82, 2.24) is 15.2 Å². The normalized spacial score (nSPS) is 27.9. The summed E-state index contributed by atoms with van der Waals surface area (Å²) < 4.78 is 0. The lowest BCUT2D eigenvalue weighted by molar-refractivity contribution is 0.107. The molecule has 1 aliphatic rings. The maximum atomic E-state index is 4.38. The molecule has 1 aromatic heterocycles. The van der Waals surface area contributed by atoms with Crippen LogP contribution in [0.25, 0.3) is 0 Å². The zero-order valence-electron chi connectivity index (χ0n) is 9.48. The molecule has 1 aromatic rings. The van der Waals surface area contributed by atoms with Gasteiger partial charge in [-0.2, -0.15) is 0 Å². The van der Waals surface area contributed by atoms with E-state index < -0.39 is 0 Å². The van der Waals surface area contributed by atoms with Crippen molar-refractivity contribution in [2.75, 3.05) is 13.1 Å². The third kappa shape index (κ3) is 2.55. The smallest absolute Gasteiger partial charge is 0.0544 e. The third-order valence-corrected chi connectivity index (χ3v) is 3.08. The minimum Gasteiger partial charge on any atom is -0.314 e. The average Bonchev–Trinajstić information content (AvgIpc) is 2.25. The van der Waals surface area contributed by atoms with E-state index in [1.165, 1.54) is 0 Å². The van der Waals surface area contributed by atoms with Gasteiger partial charge in [-0.05, 0) is 26.0 Å². The van der Waals surface area contributed by atoms with Gasteiger partial charge in [0.1, 0.15) is 0 Å². The van der Waals surface area contributed by atoms with Crippen LogP contribution in [-0.4, -0.2) is 35.1 Å². The van der Waals surface area contributed by atoms with E-state index in [0.29, 0.717) is 12.1 Å². The Hall–Kier alpha value is -0.930. The van der Waals surface area contributed by atoms with E-state index >= 15 is 0 Å². The molecule has 2 rings (SSSR count). The highest BCUT2D eigenvalue weighted by molar-refractivity contribution is 5.04. The van der Waals surface area contributed by atoms with Crippen LogP contribution < -0.4 is 5.32 Å². The van der Waals surface area contributed by atoms with Gasteiger partial charge in [0.05, 0.1) is 5.69 Å². The number of pyridine rings is 1. The van der Waals surface area contributed by atoms with Crippen molar-refractivity contribution >= 4 is 0 Å². The fourth-order valence-electron chi connectivity index (χ4n) is 2.16. The van der Waals surface area contributed by atoms with Crippen LogP contribution in [0.5, 0.6) is 0 Å². The Morgan fingerprint density at radius 3 is 2.67 bits per heavy atom. The minimum atomic E-state index is 0.593. The van der Waals surface area contributed by atoms with Crippen molar-refractivity contribution in [3.8, 4) is 0 Å². The highest BCUT2D eigenvalue weighted by Gasteiger charge is 2.24. The zero-order chi connectivity index (χ0) is 10.7. The molecule has 0 spiro atoms. The number of hydrogen-bond acceptors (Lipinski definition) is 3. The van der Waals surface area contributed by atoms with Crippen LogP contribution in [0, 0.1) is 0 Å². The molecule has 15 heavy (non-hydrogen) atoms. The van der Waals surface area contributed by atoms with Gasteiger partial charge in [-0.3, -0.25) is 9.88 Å². The van der Waals surface area contributed by atoms with Gasteiger partial charge in [-0.15, -0.1) is 0 Å². The SMILES string of the molecule is CC1CNCC(C)N1Cc1ccccn1. The number of hydrogen-bond donors (Lipinski definition) is 1. The van der Waals surface area contributed by atoms with Crippen LogP contribution in [0.15, 0.2) is 24.4 Å². The van der Waals surface area contributed by atoms with E-state index in [9.17, 15) is 0 Å². The molecule has 2 atom stereocenters. The van der Waals surface area contributed by atoms with Gasteiger partial charge in [-0.25, -0.2) is 0 Å². The molecule has 82 valence electrons. The highest BCUT2D eigenvalue weighted by Crippen LogP contribution is 2.13. The molecule has 1 aliphatic heterocycles. The Bertz CT molecular complexity index is 289. The molecule has 3 heteroatoms. The van der Waals surface area contributed by atoms with Crippen LogP contribution in [0.3, 0.4) is 0 Å². The quantitative estimate of drug-likeness (QED) is 0.788. The van der Waals surface area contributed by atoms with Gasteiger partial charge in [0, 0.05) is 37.9 Å². The van der Waals surface area contributed by atoms with E-state index in [-0.39, 0.29) is 0 Å². The molecular weight excluding hydrogens is 186 g/mol. The van der Waals surface area contributed by atoms with Gasteiger partial charge in [-0.1, -0.05) is 6.07 Å². The monoisotopic (exact) mass is 205 g/mol. The lowest BCUT2D eigenvalue weighted by Crippen LogP contribution is -2.54. The van der Waals surface area contributed by atoms with E-state index in [0.717, 1.165) is 25.3 Å². The van der Waals surface area contributed by atoms with Gasteiger partial charge < -0.3 is 5.32 Å². The molecular formula is C12H19N3. The fourth-order valence-corrected chi connectivity index (χ4v) is 2.16. The Balaban J connectivity index is 2.03. The maximum Gasteiger partial charge on any atom is 0.0544 e. The van der Waals surface area contributed by atoms with Crippen molar-refractivity contribution in [3.05, 3.63) is 30.1 Å². The standard InChI is InChI=1S/C12H19N3/c1-10-7-13-8-11(2)15(10)9-12-5-3-4-6-14-12/h3-6,10-11,13H,7-9H2,1-2H3. The van der Waals surface area contributed by atoms with Crippen LogP contribution >= 0.6 is 0 Å². The van der Waals surface area contributed by atoms with Crippen LogP contribution in [0.4, 0.5) is 0 Å². The summed E-state index contributed by atoms with van der Waals surface area (Å²) in [6.07, 6.45) is 1.87. The second kappa shape index (κ2) is 4.73.